The van der Waals surface area contributed by atoms with Gasteiger partial charge in [0, 0.05) is 23.5 Å². The molecule has 0 bridgehead atoms. The topological polar surface area (TPSA) is 23.5 Å². The normalized spacial score (nSPS) is 16.2. The highest BCUT2D eigenvalue weighted by atomic mass is 19.1. The number of hydrogen-bond donors (Lipinski definition) is 1. The van der Waals surface area contributed by atoms with Gasteiger partial charge in [0.05, 0.1) is 6.10 Å². The number of anilines is 2. The van der Waals surface area contributed by atoms with Crippen LogP contribution in [0.4, 0.5) is 15.8 Å². The van der Waals surface area contributed by atoms with E-state index >= 15 is 0 Å². The first-order chi connectivity index (χ1) is 10.2. The highest BCUT2D eigenvalue weighted by Crippen LogP contribution is 2.36. The van der Waals surface area contributed by atoms with Crippen molar-refractivity contribution in [2.24, 2.45) is 0 Å². The number of hydrogen-bond acceptors (Lipinski definition) is 2. The lowest BCUT2D eigenvalue weighted by Crippen LogP contribution is -2.20. The molecule has 0 saturated heterocycles. The molecule has 2 aromatic carbocycles. The van der Waals surface area contributed by atoms with E-state index in [0.717, 1.165) is 31.5 Å². The fraction of sp³-hybridized carbons (Fsp3) is 0.333. The highest BCUT2D eigenvalue weighted by molar-refractivity contribution is 5.70. The van der Waals surface area contributed by atoms with Crippen LogP contribution in [0.5, 0.6) is 0 Å². The van der Waals surface area contributed by atoms with E-state index in [4.69, 9.17) is 0 Å². The van der Waals surface area contributed by atoms with E-state index in [1.807, 2.05) is 6.07 Å². The van der Waals surface area contributed by atoms with Gasteiger partial charge < -0.3 is 10.0 Å². The first-order valence-electron chi connectivity index (χ1n) is 7.50. The van der Waals surface area contributed by atoms with E-state index < -0.39 is 6.10 Å². The van der Waals surface area contributed by atoms with Gasteiger partial charge in [0.25, 0.3) is 0 Å². The highest BCUT2D eigenvalue weighted by Gasteiger charge is 2.20. The molecular weight excluding hydrogens is 265 g/mol. The molecule has 2 aromatic rings. The van der Waals surface area contributed by atoms with Gasteiger partial charge in [-0.3, -0.25) is 0 Å². The molecule has 1 heterocycles. The van der Waals surface area contributed by atoms with Gasteiger partial charge in [-0.25, -0.2) is 4.39 Å². The Morgan fingerprint density at radius 2 is 1.90 bits per heavy atom. The summed E-state index contributed by atoms with van der Waals surface area (Å²) in [6, 6.07) is 13.0. The van der Waals surface area contributed by atoms with Crippen LogP contribution < -0.4 is 4.90 Å². The van der Waals surface area contributed by atoms with Crippen molar-refractivity contribution < 1.29 is 9.50 Å². The standard InChI is InChI=1S/C18H20FNO/c1-13(21)16-12-15(19)9-10-18(16)20-11-5-4-7-14-6-2-3-8-17(14)20/h2-3,6,8-10,12-13,21H,4-5,7,11H2,1H3. The molecule has 2 nitrogen and oxygen atoms in total. The van der Waals surface area contributed by atoms with Crippen molar-refractivity contribution in [3.05, 3.63) is 59.4 Å². The third-order valence-corrected chi connectivity index (χ3v) is 4.09. The molecule has 0 saturated carbocycles. The van der Waals surface area contributed by atoms with E-state index in [1.54, 1.807) is 13.0 Å². The van der Waals surface area contributed by atoms with Gasteiger partial charge in [0.15, 0.2) is 0 Å². The lowest BCUT2D eigenvalue weighted by molar-refractivity contribution is 0.199. The summed E-state index contributed by atoms with van der Waals surface area (Å²) in [6.07, 6.45) is 2.62. The first kappa shape index (κ1) is 14.1. The average Bonchev–Trinajstić information content (AvgIpc) is 2.69. The molecule has 1 unspecified atom stereocenters. The van der Waals surface area contributed by atoms with Crippen molar-refractivity contribution in [2.75, 3.05) is 11.4 Å². The number of benzene rings is 2. The third kappa shape index (κ3) is 2.79. The third-order valence-electron chi connectivity index (χ3n) is 4.09. The second-order valence-corrected chi connectivity index (χ2v) is 5.62. The molecule has 3 heteroatoms. The second-order valence-electron chi connectivity index (χ2n) is 5.62. The number of fused-ring (bicyclic) bond motifs is 1. The zero-order valence-electron chi connectivity index (χ0n) is 12.2. The second kappa shape index (κ2) is 5.86. The maximum atomic E-state index is 13.5. The molecule has 1 aliphatic heterocycles. The number of para-hydroxylation sites is 1. The summed E-state index contributed by atoms with van der Waals surface area (Å²) >= 11 is 0. The fourth-order valence-electron chi connectivity index (χ4n) is 3.05. The van der Waals surface area contributed by atoms with Gasteiger partial charge in [0.2, 0.25) is 0 Å². The van der Waals surface area contributed by atoms with Crippen LogP contribution >= 0.6 is 0 Å². The Hall–Kier alpha value is -1.87. The average molecular weight is 285 g/mol. The van der Waals surface area contributed by atoms with Crippen molar-refractivity contribution in [1.82, 2.24) is 0 Å². The summed E-state index contributed by atoms with van der Waals surface area (Å²) in [5.41, 5.74) is 4.03. The van der Waals surface area contributed by atoms with Crippen molar-refractivity contribution in [2.45, 2.75) is 32.3 Å². The minimum Gasteiger partial charge on any atom is -0.389 e. The molecule has 110 valence electrons. The molecule has 1 N–H and O–H groups in total. The Labute approximate surface area is 124 Å². The maximum absolute atomic E-state index is 13.5. The number of aliphatic hydroxyl groups is 1. The molecule has 0 radical (unpaired) electrons. The van der Waals surface area contributed by atoms with Crippen LogP contribution in [-0.2, 0) is 6.42 Å². The van der Waals surface area contributed by atoms with Crippen LogP contribution in [0.15, 0.2) is 42.5 Å². The monoisotopic (exact) mass is 285 g/mol. The fourth-order valence-corrected chi connectivity index (χ4v) is 3.05. The van der Waals surface area contributed by atoms with Gasteiger partial charge in [-0.15, -0.1) is 0 Å². The molecule has 3 rings (SSSR count). The maximum Gasteiger partial charge on any atom is 0.123 e. The van der Waals surface area contributed by atoms with Crippen molar-refractivity contribution >= 4 is 11.4 Å². The molecule has 0 fully saturated rings. The van der Waals surface area contributed by atoms with Crippen LogP contribution in [0.25, 0.3) is 0 Å². The van der Waals surface area contributed by atoms with Crippen LogP contribution in [-0.4, -0.2) is 11.7 Å². The molecule has 1 atom stereocenters. The van der Waals surface area contributed by atoms with Crippen LogP contribution in [0.3, 0.4) is 0 Å². The number of nitrogens with zero attached hydrogens (tertiary/aromatic N) is 1. The molecular formula is C18H20FNO. The molecule has 0 aromatic heterocycles. The Morgan fingerprint density at radius 3 is 2.71 bits per heavy atom. The summed E-state index contributed by atoms with van der Waals surface area (Å²) in [6.45, 7) is 2.57. The van der Waals surface area contributed by atoms with E-state index in [-0.39, 0.29) is 5.82 Å². The van der Waals surface area contributed by atoms with Gasteiger partial charge >= 0.3 is 0 Å². The molecule has 1 aliphatic rings. The predicted molar refractivity (Wildman–Crippen MR) is 83.4 cm³/mol. The number of aliphatic hydroxyl groups excluding tert-OH is 1. The minimum atomic E-state index is -0.689. The van der Waals surface area contributed by atoms with Crippen molar-refractivity contribution in [1.29, 1.82) is 0 Å². The summed E-state index contributed by atoms with van der Waals surface area (Å²) < 4.78 is 13.5. The summed E-state index contributed by atoms with van der Waals surface area (Å²) in [5.74, 6) is -0.308. The SMILES string of the molecule is CC(O)c1cc(F)ccc1N1CCCCc2ccccc21. The van der Waals surface area contributed by atoms with Crippen LogP contribution in [0.1, 0.15) is 37.0 Å². The largest absolute Gasteiger partial charge is 0.389 e. The Morgan fingerprint density at radius 1 is 1.10 bits per heavy atom. The molecule has 0 spiro atoms. The lowest BCUT2D eigenvalue weighted by Gasteiger charge is -2.28. The molecule has 0 aliphatic carbocycles. The smallest absolute Gasteiger partial charge is 0.123 e. The quantitative estimate of drug-likeness (QED) is 0.886. The number of rotatable bonds is 2. The van der Waals surface area contributed by atoms with Gasteiger partial charge in [-0.1, -0.05) is 18.2 Å². The van der Waals surface area contributed by atoms with Gasteiger partial charge in [-0.2, -0.15) is 0 Å². The van der Waals surface area contributed by atoms with Gasteiger partial charge in [0.1, 0.15) is 5.82 Å². The van der Waals surface area contributed by atoms with Gasteiger partial charge in [-0.05, 0) is 56.0 Å². The number of halogens is 1. The summed E-state index contributed by atoms with van der Waals surface area (Å²) in [4.78, 5) is 2.21. The van der Waals surface area contributed by atoms with E-state index in [9.17, 15) is 9.50 Å². The predicted octanol–water partition coefficient (Wildman–Crippen LogP) is 4.35. The van der Waals surface area contributed by atoms with Crippen LogP contribution in [0, 0.1) is 5.82 Å². The summed E-state index contributed by atoms with van der Waals surface area (Å²) in [7, 11) is 0. The minimum absolute atomic E-state index is 0.308. The Kier molecular flexibility index (Phi) is 3.93. The van der Waals surface area contributed by atoms with Crippen molar-refractivity contribution in [3.8, 4) is 0 Å². The van der Waals surface area contributed by atoms with E-state index in [0.29, 0.717) is 5.56 Å². The zero-order valence-corrected chi connectivity index (χ0v) is 12.2. The first-order valence-corrected chi connectivity index (χ1v) is 7.50. The molecule has 21 heavy (non-hydrogen) atoms. The summed E-state index contributed by atoms with van der Waals surface area (Å²) in [5, 5.41) is 9.98. The van der Waals surface area contributed by atoms with Crippen LogP contribution in [0.2, 0.25) is 0 Å². The van der Waals surface area contributed by atoms with E-state index in [1.165, 1.54) is 23.4 Å². The molecule has 0 amide bonds. The number of aryl methyl sites for hydroxylation is 1. The zero-order chi connectivity index (χ0) is 14.8. The Bertz CT molecular complexity index is 639. The van der Waals surface area contributed by atoms with Crippen molar-refractivity contribution in [3.63, 3.8) is 0 Å². The van der Waals surface area contributed by atoms with E-state index in [2.05, 4.69) is 23.1 Å². The lowest BCUT2D eigenvalue weighted by atomic mass is 10.0. The Balaban J connectivity index is 2.12.